The number of aromatic carboxylic acids is 1. The van der Waals surface area contributed by atoms with Crippen LogP contribution in [-0.4, -0.2) is 23.7 Å². The van der Waals surface area contributed by atoms with Gasteiger partial charge in [0.1, 0.15) is 0 Å². The summed E-state index contributed by atoms with van der Waals surface area (Å²) in [4.78, 5) is 23.4. The third kappa shape index (κ3) is 4.08. The second kappa shape index (κ2) is 7.68. The quantitative estimate of drug-likeness (QED) is 0.607. The van der Waals surface area contributed by atoms with Crippen LogP contribution in [0.3, 0.4) is 0 Å². The zero-order valence-corrected chi connectivity index (χ0v) is 12.3. The Morgan fingerprint density at radius 1 is 1.25 bits per heavy atom. The van der Waals surface area contributed by atoms with Crippen molar-refractivity contribution in [2.24, 2.45) is 0 Å². The van der Waals surface area contributed by atoms with Gasteiger partial charge in [0.05, 0.1) is 17.7 Å². The minimum Gasteiger partial charge on any atom is -0.478 e. The van der Waals surface area contributed by atoms with Gasteiger partial charge in [0.15, 0.2) is 0 Å². The van der Waals surface area contributed by atoms with Gasteiger partial charge in [-0.05, 0) is 24.0 Å². The van der Waals surface area contributed by atoms with Crippen LogP contribution in [0.2, 0.25) is 0 Å². The maximum Gasteiger partial charge on any atom is 0.339 e. The Morgan fingerprint density at radius 3 is 2.50 bits per heavy atom. The summed E-state index contributed by atoms with van der Waals surface area (Å²) in [6.45, 7) is 6.20. The molecule has 0 unspecified atom stereocenters. The van der Waals surface area contributed by atoms with Crippen LogP contribution in [0.25, 0.3) is 0 Å². The first-order chi connectivity index (χ1) is 9.49. The molecule has 1 N–H and O–H groups in total. The molecule has 0 aliphatic rings. The van der Waals surface area contributed by atoms with Crippen LogP contribution in [0.1, 0.15) is 72.2 Å². The van der Waals surface area contributed by atoms with E-state index in [0.717, 1.165) is 19.3 Å². The molecule has 0 bridgehead atoms. The normalized spacial score (nSPS) is 10.6. The number of carbonyl (C=O) groups is 2. The highest BCUT2D eigenvalue weighted by Crippen LogP contribution is 2.23. The van der Waals surface area contributed by atoms with Gasteiger partial charge in [-0.25, -0.2) is 9.59 Å². The molecule has 1 aromatic carbocycles. The lowest BCUT2D eigenvalue weighted by Crippen LogP contribution is -2.15. The summed E-state index contributed by atoms with van der Waals surface area (Å²) in [5.74, 6) is -1.61. The molecule has 0 amide bonds. The van der Waals surface area contributed by atoms with Crippen molar-refractivity contribution in [2.75, 3.05) is 6.61 Å². The number of rotatable bonds is 7. The summed E-state index contributed by atoms with van der Waals surface area (Å²) in [5, 5.41) is 9.35. The van der Waals surface area contributed by atoms with Gasteiger partial charge in [-0.2, -0.15) is 0 Å². The van der Waals surface area contributed by atoms with Crippen molar-refractivity contribution in [3.8, 4) is 0 Å². The number of carboxylic acids is 1. The Labute approximate surface area is 119 Å². The molecule has 4 nitrogen and oxygen atoms in total. The van der Waals surface area contributed by atoms with Crippen LogP contribution in [0.4, 0.5) is 0 Å². The molecule has 1 rings (SSSR count). The van der Waals surface area contributed by atoms with Crippen molar-refractivity contribution in [1.29, 1.82) is 0 Å². The van der Waals surface area contributed by atoms with Crippen LogP contribution in [0.15, 0.2) is 18.2 Å². The van der Waals surface area contributed by atoms with E-state index >= 15 is 0 Å². The lowest BCUT2D eigenvalue weighted by atomic mass is 9.93. The van der Waals surface area contributed by atoms with Crippen molar-refractivity contribution >= 4 is 11.9 Å². The molecule has 0 aliphatic carbocycles. The molecule has 1 aromatic rings. The average Bonchev–Trinajstić information content (AvgIpc) is 2.42. The number of carbonyl (C=O) groups excluding carboxylic acids is 1. The molecule has 0 aromatic heterocycles. The number of carboxylic acid groups (broad SMARTS) is 1. The molecule has 4 heteroatoms. The predicted octanol–water partition coefficient (Wildman–Crippen LogP) is 3.86. The van der Waals surface area contributed by atoms with E-state index < -0.39 is 11.9 Å². The average molecular weight is 278 g/mol. The van der Waals surface area contributed by atoms with E-state index in [1.54, 1.807) is 12.1 Å². The van der Waals surface area contributed by atoms with Crippen LogP contribution in [0, 0.1) is 0 Å². The number of hydrogen-bond acceptors (Lipinski definition) is 3. The highest BCUT2D eigenvalue weighted by Gasteiger charge is 2.22. The Bertz CT molecular complexity index is 477. The smallest absolute Gasteiger partial charge is 0.339 e. The Hall–Kier alpha value is -1.84. The molecule has 0 fully saturated rings. The lowest BCUT2D eigenvalue weighted by Gasteiger charge is -2.13. The first-order valence-electron chi connectivity index (χ1n) is 7.02. The standard InChI is InChI=1S/C16H22O4/c1-4-5-6-10-20-16(19)13-9-7-8-12(11(2)3)14(13)15(17)18/h7-9,11H,4-6,10H2,1-3H3,(H,17,18). The lowest BCUT2D eigenvalue weighted by molar-refractivity contribution is 0.0487. The molecular weight excluding hydrogens is 256 g/mol. The summed E-state index contributed by atoms with van der Waals surface area (Å²) < 4.78 is 5.15. The summed E-state index contributed by atoms with van der Waals surface area (Å²) in [5.41, 5.74) is 0.851. The molecular formula is C16H22O4. The molecule has 0 heterocycles. The van der Waals surface area contributed by atoms with Crippen molar-refractivity contribution in [2.45, 2.75) is 46.0 Å². The van der Waals surface area contributed by atoms with Crippen molar-refractivity contribution in [1.82, 2.24) is 0 Å². The van der Waals surface area contributed by atoms with Gasteiger partial charge in [-0.15, -0.1) is 0 Å². The summed E-state index contributed by atoms with van der Waals surface area (Å²) in [7, 11) is 0. The number of ether oxygens (including phenoxy) is 1. The molecule has 0 aliphatic heterocycles. The van der Waals surface area contributed by atoms with Crippen LogP contribution < -0.4 is 0 Å². The van der Waals surface area contributed by atoms with Gasteiger partial charge < -0.3 is 9.84 Å². The van der Waals surface area contributed by atoms with Gasteiger partial charge in [-0.1, -0.05) is 45.7 Å². The van der Waals surface area contributed by atoms with Gasteiger partial charge in [0.2, 0.25) is 0 Å². The zero-order valence-electron chi connectivity index (χ0n) is 12.3. The van der Waals surface area contributed by atoms with Crippen LogP contribution in [0.5, 0.6) is 0 Å². The molecule has 20 heavy (non-hydrogen) atoms. The summed E-state index contributed by atoms with van der Waals surface area (Å²) >= 11 is 0. The summed E-state index contributed by atoms with van der Waals surface area (Å²) in [6.07, 6.45) is 2.83. The Morgan fingerprint density at radius 2 is 1.95 bits per heavy atom. The van der Waals surface area contributed by atoms with E-state index in [4.69, 9.17) is 4.74 Å². The molecule has 0 radical (unpaired) electrons. The van der Waals surface area contributed by atoms with E-state index in [1.165, 1.54) is 6.07 Å². The molecule has 0 spiro atoms. The first-order valence-corrected chi connectivity index (χ1v) is 7.02. The van der Waals surface area contributed by atoms with Gasteiger partial charge in [-0.3, -0.25) is 0 Å². The second-order valence-corrected chi connectivity index (χ2v) is 5.07. The Balaban J connectivity index is 2.96. The van der Waals surface area contributed by atoms with E-state index in [0.29, 0.717) is 12.2 Å². The van der Waals surface area contributed by atoms with Gasteiger partial charge >= 0.3 is 11.9 Å². The minimum absolute atomic E-state index is 0.0361. The fourth-order valence-electron chi connectivity index (χ4n) is 2.05. The van der Waals surface area contributed by atoms with Crippen molar-refractivity contribution in [3.05, 3.63) is 34.9 Å². The maximum atomic E-state index is 12.0. The maximum absolute atomic E-state index is 12.0. The fourth-order valence-corrected chi connectivity index (χ4v) is 2.05. The third-order valence-electron chi connectivity index (χ3n) is 3.13. The van der Waals surface area contributed by atoms with E-state index in [1.807, 2.05) is 13.8 Å². The summed E-state index contributed by atoms with van der Waals surface area (Å²) in [6, 6.07) is 4.95. The predicted molar refractivity (Wildman–Crippen MR) is 77.3 cm³/mol. The van der Waals surface area contributed by atoms with E-state index in [2.05, 4.69) is 6.92 Å². The third-order valence-corrected chi connectivity index (χ3v) is 3.13. The SMILES string of the molecule is CCCCCOC(=O)c1cccc(C(C)C)c1C(=O)O. The fraction of sp³-hybridized carbons (Fsp3) is 0.500. The monoisotopic (exact) mass is 278 g/mol. The Kier molecular flexibility index (Phi) is 6.22. The van der Waals surface area contributed by atoms with Gasteiger partial charge in [0, 0.05) is 0 Å². The largest absolute Gasteiger partial charge is 0.478 e. The zero-order chi connectivity index (χ0) is 15.1. The highest BCUT2D eigenvalue weighted by molar-refractivity contribution is 6.03. The second-order valence-electron chi connectivity index (χ2n) is 5.07. The minimum atomic E-state index is -1.09. The number of benzene rings is 1. The van der Waals surface area contributed by atoms with Crippen LogP contribution >= 0.6 is 0 Å². The molecule has 0 saturated heterocycles. The van der Waals surface area contributed by atoms with Crippen LogP contribution in [-0.2, 0) is 4.74 Å². The first kappa shape index (κ1) is 16.2. The highest BCUT2D eigenvalue weighted by atomic mass is 16.5. The number of hydrogen-bond donors (Lipinski definition) is 1. The number of esters is 1. The molecule has 110 valence electrons. The van der Waals surface area contributed by atoms with Crippen molar-refractivity contribution < 1.29 is 19.4 Å². The van der Waals surface area contributed by atoms with E-state index in [9.17, 15) is 14.7 Å². The van der Waals surface area contributed by atoms with Crippen molar-refractivity contribution in [3.63, 3.8) is 0 Å². The topological polar surface area (TPSA) is 63.6 Å². The number of unbranched alkanes of at least 4 members (excludes halogenated alkanes) is 2. The molecule has 0 saturated carbocycles. The van der Waals surface area contributed by atoms with E-state index in [-0.39, 0.29) is 17.0 Å². The van der Waals surface area contributed by atoms with Gasteiger partial charge in [0.25, 0.3) is 0 Å². The molecule has 0 atom stereocenters.